The first-order chi connectivity index (χ1) is 28.6. The van der Waals surface area contributed by atoms with Gasteiger partial charge in [0.1, 0.15) is 0 Å². The van der Waals surface area contributed by atoms with Gasteiger partial charge in [0.05, 0.1) is 11.4 Å². The fourth-order valence-corrected chi connectivity index (χ4v) is 10.0. The van der Waals surface area contributed by atoms with Crippen LogP contribution in [-0.4, -0.2) is 5.71 Å². The second kappa shape index (κ2) is 13.6. The van der Waals surface area contributed by atoms with Crippen molar-refractivity contribution in [2.75, 3.05) is 0 Å². The van der Waals surface area contributed by atoms with Crippen LogP contribution in [0, 0.1) is 18.1 Å². The maximum atomic E-state index is 5.30. The van der Waals surface area contributed by atoms with Crippen molar-refractivity contribution in [3.63, 3.8) is 0 Å². The van der Waals surface area contributed by atoms with Crippen LogP contribution in [0.3, 0.4) is 0 Å². The van der Waals surface area contributed by atoms with Crippen LogP contribution in [0.2, 0.25) is 0 Å². The minimum absolute atomic E-state index is 0.0897. The van der Waals surface area contributed by atoms with Crippen LogP contribution < -0.4 is 10.4 Å². The number of nitrogens with zero attached hydrogens (tertiary/aromatic N) is 1. The molecule has 0 saturated heterocycles. The second-order valence-corrected chi connectivity index (χ2v) is 16.1. The molecule has 0 N–H and O–H groups in total. The Morgan fingerprint density at radius 2 is 1.29 bits per heavy atom. The fraction of sp³-hybridized carbons (Fsp3) is 0.105. The van der Waals surface area contributed by atoms with E-state index in [1.54, 1.807) is 0 Å². The molecule has 3 atom stereocenters. The molecule has 1 nitrogen and oxygen atoms in total. The van der Waals surface area contributed by atoms with E-state index in [0.717, 1.165) is 12.1 Å². The maximum absolute atomic E-state index is 5.30. The molecule has 2 aliphatic rings. The van der Waals surface area contributed by atoms with Crippen molar-refractivity contribution in [2.45, 2.75) is 31.6 Å². The number of fused-ring (bicyclic) bond motifs is 6. The summed E-state index contributed by atoms with van der Waals surface area (Å²) in [5.41, 5.74) is 12.1. The minimum Gasteiger partial charge on any atom is -0.252 e. The van der Waals surface area contributed by atoms with Crippen molar-refractivity contribution in [3.05, 3.63) is 221 Å². The summed E-state index contributed by atoms with van der Waals surface area (Å²) in [6.07, 6.45) is 5.68. The highest BCUT2D eigenvalue weighted by Gasteiger charge is 2.61. The Kier molecular flexibility index (Phi) is 8.02. The third kappa shape index (κ3) is 5.44. The first kappa shape index (κ1) is 34.3. The Morgan fingerprint density at radius 3 is 2.12 bits per heavy atom. The van der Waals surface area contributed by atoms with E-state index in [-0.39, 0.29) is 11.3 Å². The smallest absolute Gasteiger partial charge is 0.0674 e. The summed E-state index contributed by atoms with van der Waals surface area (Å²) >= 11 is 0. The van der Waals surface area contributed by atoms with E-state index in [9.17, 15) is 0 Å². The molecule has 0 spiro atoms. The third-order valence-electron chi connectivity index (χ3n) is 12.9. The summed E-state index contributed by atoms with van der Waals surface area (Å²) in [6, 6.07) is 71.2. The average Bonchev–Trinajstić information content (AvgIpc) is 4.06. The fourth-order valence-electron chi connectivity index (χ4n) is 10.0. The molecule has 11 rings (SSSR count). The molecule has 9 aromatic carbocycles. The average molecular weight is 740 g/mol. The normalized spacial score (nSPS) is 18.1. The highest BCUT2D eigenvalue weighted by atomic mass is 14.9. The maximum Gasteiger partial charge on any atom is 0.0674 e. The van der Waals surface area contributed by atoms with Gasteiger partial charge in [-0.15, -0.1) is 0 Å². The van der Waals surface area contributed by atoms with Gasteiger partial charge in [-0.25, -0.2) is 0 Å². The topological polar surface area (TPSA) is 12.4 Å². The summed E-state index contributed by atoms with van der Waals surface area (Å²) in [5.74, 6) is 0.491. The summed E-state index contributed by atoms with van der Waals surface area (Å²) in [4.78, 5) is 5.30. The van der Waals surface area contributed by atoms with Crippen molar-refractivity contribution in [3.8, 4) is 22.3 Å². The van der Waals surface area contributed by atoms with Crippen molar-refractivity contribution in [1.29, 1.82) is 0 Å². The van der Waals surface area contributed by atoms with Gasteiger partial charge in [-0.1, -0.05) is 177 Å². The van der Waals surface area contributed by atoms with E-state index >= 15 is 0 Å². The summed E-state index contributed by atoms with van der Waals surface area (Å²) in [6.45, 7) is 4.47. The molecular formula is C57H41N. The van der Waals surface area contributed by atoms with Gasteiger partial charge in [-0.2, -0.15) is 0 Å². The number of rotatable bonds is 6. The number of benzene rings is 8. The molecular weight excluding hydrogens is 699 g/mol. The lowest BCUT2D eigenvalue weighted by Crippen LogP contribution is -2.24. The molecule has 0 bridgehead atoms. The van der Waals surface area contributed by atoms with Gasteiger partial charge in [0.15, 0.2) is 0 Å². The van der Waals surface area contributed by atoms with E-state index < -0.39 is 0 Å². The van der Waals surface area contributed by atoms with Crippen molar-refractivity contribution >= 4 is 55.9 Å². The Hall–Kier alpha value is -7.01. The molecule has 1 aliphatic heterocycles. The quantitative estimate of drug-likeness (QED) is 0.151. The van der Waals surface area contributed by atoms with E-state index in [1.807, 2.05) is 6.07 Å². The summed E-state index contributed by atoms with van der Waals surface area (Å²) in [7, 11) is 0. The van der Waals surface area contributed by atoms with Crippen molar-refractivity contribution in [2.24, 2.45) is 10.9 Å². The Bertz CT molecular complexity index is 3230. The molecule has 1 saturated carbocycles. The highest BCUT2D eigenvalue weighted by Crippen LogP contribution is 2.64. The van der Waals surface area contributed by atoms with Crippen LogP contribution in [0.1, 0.15) is 48.4 Å². The lowest BCUT2D eigenvalue weighted by molar-refractivity contribution is 0.797. The number of hydrogen-bond acceptors (Lipinski definition) is 1. The number of aliphatic imine (C=N–C) groups is 1. The molecule has 0 radical (unpaired) electrons. The molecule has 274 valence electrons. The van der Waals surface area contributed by atoms with Gasteiger partial charge in [0.25, 0.3) is 0 Å². The predicted molar refractivity (Wildman–Crippen MR) is 244 cm³/mol. The van der Waals surface area contributed by atoms with Gasteiger partial charge in [0.2, 0.25) is 0 Å². The largest absolute Gasteiger partial charge is 0.252 e. The van der Waals surface area contributed by atoms with E-state index in [1.165, 1.54) is 93.0 Å². The van der Waals surface area contributed by atoms with Gasteiger partial charge in [-0.05, 0) is 125 Å². The Labute approximate surface area is 340 Å². The molecule has 0 aromatic heterocycles. The minimum atomic E-state index is -0.0897. The lowest BCUT2D eigenvalue weighted by atomic mass is 9.81. The van der Waals surface area contributed by atoms with Gasteiger partial charge < -0.3 is 0 Å². The molecule has 2 unspecified atom stereocenters. The first-order valence-corrected chi connectivity index (χ1v) is 20.5. The molecule has 1 heteroatoms. The van der Waals surface area contributed by atoms with Crippen LogP contribution in [0.4, 0.5) is 5.69 Å². The zero-order valence-corrected chi connectivity index (χ0v) is 32.7. The van der Waals surface area contributed by atoms with Crippen LogP contribution in [0.15, 0.2) is 181 Å². The summed E-state index contributed by atoms with van der Waals surface area (Å²) in [5, 5.41) is 10.2. The molecule has 0 amide bonds. The first-order valence-electron chi connectivity index (χ1n) is 20.5. The van der Waals surface area contributed by atoms with E-state index in [0.29, 0.717) is 5.92 Å². The molecule has 1 heterocycles. The van der Waals surface area contributed by atoms with Crippen LogP contribution in [0.5, 0.6) is 0 Å². The zero-order valence-electron chi connectivity index (χ0n) is 32.7. The lowest BCUT2D eigenvalue weighted by Gasteiger charge is -2.24. The van der Waals surface area contributed by atoms with Crippen LogP contribution in [-0.2, 0) is 5.41 Å². The van der Waals surface area contributed by atoms with E-state index in [2.05, 4.69) is 208 Å². The van der Waals surface area contributed by atoms with Gasteiger partial charge >= 0.3 is 0 Å². The van der Waals surface area contributed by atoms with Crippen molar-refractivity contribution < 1.29 is 0 Å². The van der Waals surface area contributed by atoms with Gasteiger partial charge in [-0.3, -0.25) is 4.99 Å². The Balaban J connectivity index is 1.07. The number of para-hydroxylation sites is 1. The Morgan fingerprint density at radius 1 is 0.603 bits per heavy atom. The van der Waals surface area contributed by atoms with Gasteiger partial charge in [0, 0.05) is 22.8 Å². The highest BCUT2D eigenvalue weighted by molar-refractivity contribution is 6.17. The standard InChI is InChI=1S/C57H41N/c1-3-38-15-7-9-17-42(38)33-37(2)54-47-21-11-12-22-48(47)55(45-30-27-39-16-8-10-18-43(39)34-45)50-35-44(31-32-49(50)54)40-25-28-41(29-26-40)56-52-36-57(52,46-19-5-4-6-20-46)51-23-13-14-24-53(51)58-56/h3-5,7-19,21-35,37,52H,36H2,1-2H3/b38-3-,42-33-/t37-,52?,57?/m1/s1. The zero-order chi connectivity index (χ0) is 38.8. The second-order valence-electron chi connectivity index (χ2n) is 16.1. The number of hydrogen-bond donors (Lipinski definition) is 0. The monoisotopic (exact) mass is 739 g/mol. The molecule has 58 heavy (non-hydrogen) atoms. The molecule has 1 aliphatic carbocycles. The van der Waals surface area contributed by atoms with Crippen molar-refractivity contribution in [1.82, 2.24) is 0 Å². The SMILES string of the molecule is C/C=c1/cccc/c1=C/[C@@H](C)c1c2ccccc2c(-c2ccc3ccccc3c2)c2cc(-c3ccc(C4=Nc5ccccc5C5(c6c#cccc6)CC45)cc3)ccc12. The molecule has 9 aromatic rings. The molecule has 1 fully saturated rings. The van der Waals surface area contributed by atoms with Crippen LogP contribution >= 0.6 is 0 Å². The third-order valence-corrected chi connectivity index (χ3v) is 12.9. The van der Waals surface area contributed by atoms with E-state index in [4.69, 9.17) is 4.99 Å². The predicted octanol–water partition coefficient (Wildman–Crippen LogP) is 12.9. The summed E-state index contributed by atoms with van der Waals surface area (Å²) < 4.78 is 0. The van der Waals surface area contributed by atoms with Crippen LogP contribution in [0.25, 0.3) is 66.7 Å².